The molecule has 1 heterocycles. The van der Waals surface area contributed by atoms with Crippen molar-refractivity contribution in [3.05, 3.63) is 35.9 Å². The first kappa shape index (κ1) is 15.2. The van der Waals surface area contributed by atoms with Crippen LogP contribution in [0, 0.1) is 0 Å². The molecule has 1 aromatic carbocycles. The first-order valence-electron chi connectivity index (χ1n) is 6.90. The molecule has 0 spiro atoms. The Kier molecular flexibility index (Phi) is 7.65. The molecule has 1 atom stereocenters. The van der Waals surface area contributed by atoms with Gasteiger partial charge in [-0.05, 0) is 24.9 Å². The van der Waals surface area contributed by atoms with Crippen LogP contribution < -0.4 is 5.73 Å². The number of aliphatic hydroxyl groups excluding tert-OH is 1. The van der Waals surface area contributed by atoms with E-state index < -0.39 is 0 Å². The number of likely N-dealkylation sites (tertiary alicyclic amines) is 1. The lowest BCUT2D eigenvalue weighted by Crippen LogP contribution is -2.21. The Labute approximate surface area is 111 Å². The van der Waals surface area contributed by atoms with E-state index in [9.17, 15) is 5.11 Å². The average Bonchev–Trinajstić information content (AvgIpc) is 2.78. The molecule has 1 fully saturated rings. The number of hydrogen-bond donors (Lipinski definition) is 2. The van der Waals surface area contributed by atoms with Crippen molar-refractivity contribution in [3.63, 3.8) is 0 Å². The van der Waals surface area contributed by atoms with Crippen LogP contribution in [0.5, 0.6) is 0 Å². The van der Waals surface area contributed by atoms with Gasteiger partial charge in [-0.3, -0.25) is 4.90 Å². The molecule has 2 rings (SSSR count). The zero-order valence-electron chi connectivity index (χ0n) is 11.4. The molecule has 1 aliphatic rings. The third-order valence-electron chi connectivity index (χ3n) is 3.05. The number of aliphatic hydroxyl groups is 1. The molecule has 3 nitrogen and oxygen atoms in total. The molecule has 3 heteroatoms. The predicted molar refractivity (Wildman–Crippen MR) is 76.3 cm³/mol. The number of nitrogens with zero attached hydrogens (tertiary/aromatic N) is 1. The van der Waals surface area contributed by atoms with Gasteiger partial charge < -0.3 is 10.8 Å². The monoisotopic (exact) mass is 250 g/mol. The maximum absolute atomic E-state index is 9.34. The van der Waals surface area contributed by atoms with Crippen LogP contribution >= 0.6 is 0 Å². The first-order chi connectivity index (χ1) is 8.76. The minimum atomic E-state index is -0.108. The van der Waals surface area contributed by atoms with Crippen molar-refractivity contribution in [1.82, 2.24) is 4.90 Å². The van der Waals surface area contributed by atoms with E-state index in [0.717, 1.165) is 32.6 Å². The van der Waals surface area contributed by atoms with Crippen LogP contribution in [-0.4, -0.2) is 35.7 Å². The van der Waals surface area contributed by atoms with Gasteiger partial charge in [0.2, 0.25) is 0 Å². The number of rotatable bonds is 4. The second-order valence-electron chi connectivity index (χ2n) is 4.81. The van der Waals surface area contributed by atoms with Crippen LogP contribution in [-0.2, 0) is 6.54 Å². The van der Waals surface area contributed by atoms with Crippen LogP contribution in [0.4, 0.5) is 0 Å². The van der Waals surface area contributed by atoms with E-state index in [2.05, 4.69) is 36.1 Å². The molecule has 102 valence electrons. The number of β-amino-alcohol motifs (C(OH)–C–C–N with tert-alkyl or cyclic N) is 1. The van der Waals surface area contributed by atoms with Crippen molar-refractivity contribution in [2.45, 2.75) is 38.8 Å². The van der Waals surface area contributed by atoms with Gasteiger partial charge in [0.25, 0.3) is 0 Å². The predicted octanol–water partition coefficient (Wildman–Crippen LogP) is 2.00. The molecule has 0 radical (unpaired) electrons. The molecule has 0 aromatic heterocycles. The molecule has 18 heavy (non-hydrogen) atoms. The summed E-state index contributed by atoms with van der Waals surface area (Å²) < 4.78 is 0. The third kappa shape index (κ3) is 6.15. The van der Waals surface area contributed by atoms with Crippen LogP contribution in [0.1, 0.15) is 31.7 Å². The standard InChI is InChI=1S/C11H15NO.C4H11N/c13-11-6-7-12(9-11)8-10-4-2-1-3-5-10;1-2-3-4-5/h1-5,11,13H,6-9H2;2-5H2,1H3/t11-;/m0./s1. The summed E-state index contributed by atoms with van der Waals surface area (Å²) in [4.78, 5) is 2.29. The topological polar surface area (TPSA) is 49.5 Å². The van der Waals surface area contributed by atoms with Crippen molar-refractivity contribution < 1.29 is 5.11 Å². The Morgan fingerprint density at radius 3 is 2.50 bits per heavy atom. The van der Waals surface area contributed by atoms with Gasteiger partial charge in [0, 0.05) is 19.6 Å². The smallest absolute Gasteiger partial charge is 0.0679 e. The quantitative estimate of drug-likeness (QED) is 0.859. The minimum absolute atomic E-state index is 0.108. The maximum atomic E-state index is 9.34. The van der Waals surface area contributed by atoms with Crippen molar-refractivity contribution >= 4 is 0 Å². The van der Waals surface area contributed by atoms with E-state index in [1.165, 1.54) is 18.4 Å². The van der Waals surface area contributed by atoms with Gasteiger partial charge in [0.05, 0.1) is 6.10 Å². The number of hydrogen-bond acceptors (Lipinski definition) is 3. The molecule has 1 aliphatic heterocycles. The van der Waals surface area contributed by atoms with Gasteiger partial charge in [-0.15, -0.1) is 0 Å². The van der Waals surface area contributed by atoms with E-state index in [-0.39, 0.29) is 6.10 Å². The third-order valence-corrected chi connectivity index (χ3v) is 3.05. The number of nitrogens with two attached hydrogens (primary N) is 1. The van der Waals surface area contributed by atoms with E-state index in [1.807, 2.05) is 6.07 Å². The van der Waals surface area contributed by atoms with Crippen molar-refractivity contribution in [3.8, 4) is 0 Å². The Hall–Kier alpha value is -0.900. The zero-order valence-corrected chi connectivity index (χ0v) is 11.4. The maximum Gasteiger partial charge on any atom is 0.0679 e. The second kappa shape index (κ2) is 9.09. The fourth-order valence-electron chi connectivity index (χ4n) is 2.00. The number of benzene rings is 1. The SMILES string of the molecule is CCCCN.O[C@H]1CCN(Cc2ccccc2)C1. The molecule has 0 aliphatic carbocycles. The lowest BCUT2D eigenvalue weighted by atomic mass is 10.2. The van der Waals surface area contributed by atoms with Gasteiger partial charge in [-0.1, -0.05) is 43.7 Å². The van der Waals surface area contributed by atoms with Crippen molar-refractivity contribution in [2.24, 2.45) is 5.73 Å². The molecule has 0 bridgehead atoms. The molecule has 0 amide bonds. The Bertz CT molecular complexity index is 301. The van der Waals surface area contributed by atoms with E-state index in [4.69, 9.17) is 5.73 Å². The normalized spacial score (nSPS) is 19.4. The summed E-state index contributed by atoms with van der Waals surface area (Å²) in [6, 6.07) is 10.4. The van der Waals surface area contributed by atoms with Gasteiger partial charge in [-0.25, -0.2) is 0 Å². The summed E-state index contributed by atoms with van der Waals surface area (Å²) in [5.41, 5.74) is 6.47. The fraction of sp³-hybridized carbons (Fsp3) is 0.600. The molecule has 3 N–H and O–H groups in total. The second-order valence-corrected chi connectivity index (χ2v) is 4.81. The minimum Gasteiger partial charge on any atom is -0.392 e. The number of unbranched alkanes of at least 4 members (excludes halogenated alkanes) is 1. The van der Waals surface area contributed by atoms with Gasteiger partial charge >= 0.3 is 0 Å². The summed E-state index contributed by atoms with van der Waals surface area (Å²) in [5.74, 6) is 0. The molecule has 1 aromatic rings. The highest BCUT2D eigenvalue weighted by molar-refractivity contribution is 5.14. The Balaban J connectivity index is 0.000000280. The molecular weight excluding hydrogens is 224 g/mol. The molecule has 0 unspecified atom stereocenters. The molecule has 0 saturated carbocycles. The largest absolute Gasteiger partial charge is 0.392 e. The highest BCUT2D eigenvalue weighted by Crippen LogP contribution is 2.12. The zero-order chi connectivity index (χ0) is 13.2. The lowest BCUT2D eigenvalue weighted by molar-refractivity contribution is 0.175. The summed E-state index contributed by atoms with van der Waals surface area (Å²) in [6.45, 7) is 5.80. The Morgan fingerprint density at radius 2 is 2.06 bits per heavy atom. The van der Waals surface area contributed by atoms with Crippen molar-refractivity contribution in [1.29, 1.82) is 0 Å². The summed E-state index contributed by atoms with van der Waals surface area (Å²) >= 11 is 0. The van der Waals surface area contributed by atoms with Crippen molar-refractivity contribution in [2.75, 3.05) is 19.6 Å². The van der Waals surface area contributed by atoms with E-state index in [0.29, 0.717) is 0 Å². The van der Waals surface area contributed by atoms with Gasteiger partial charge in [0.15, 0.2) is 0 Å². The fourth-order valence-corrected chi connectivity index (χ4v) is 2.00. The van der Waals surface area contributed by atoms with E-state index in [1.54, 1.807) is 0 Å². The van der Waals surface area contributed by atoms with Crippen LogP contribution in [0.3, 0.4) is 0 Å². The van der Waals surface area contributed by atoms with Crippen LogP contribution in [0.15, 0.2) is 30.3 Å². The highest BCUT2D eigenvalue weighted by Gasteiger charge is 2.19. The Morgan fingerprint density at radius 1 is 1.33 bits per heavy atom. The van der Waals surface area contributed by atoms with E-state index >= 15 is 0 Å². The van der Waals surface area contributed by atoms with Crippen LogP contribution in [0.25, 0.3) is 0 Å². The molecular formula is C15H26N2O. The molecule has 1 saturated heterocycles. The highest BCUT2D eigenvalue weighted by atomic mass is 16.3. The first-order valence-corrected chi connectivity index (χ1v) is 6.90. The van der Waals surface area contributed by atoms with Gasteiger partial charge in [-0.2, -0.15) is 0 Å². The average molecular weight is 250 g/mol. The van der Waals surface area contributed by atoms with Gasteiger partial charge in [0.1, 0.15) is 0 Å². The lowest BCUT2D eigenvalue weighted by Gasteiger charge is -2.14. The summed E-state index contributed by atoms with van der Waals surface area (Å²) in [6.07, 6.45) is 3.20. The summed E-state index contributed by atoms with van der Waals surface area (Å²) in [5, 5.41) is 9.34. The van der Waals surface area contributed by atoms with Crippen LogP contribution in [0.2, 0.25) is 0 Å². The summed E-state index contributed by atoms with van der Waals surface area (Å²) in [7, 11) is 0.